The number of nitrogens with zero attached hydrogens (tertiary/aromatic N) is 1. The number of halogens is 1. The SMILES string of the molecule is O=[N+]([O-])c1ccc(Br)c(O[C@H]2CCC[C@@H]2O)c1. The van der Waals surface area contributed by atoms with E-state index in [2.05, 4.69) is 15.9 Å². The van der Waals surface area contributed by atoms with Crippen molar-refractivity contribution in [2.75, 3.05) is 0 Å². The van der Waals surface area contributed by atoms with Crippen molar-refractivity contribution in [2.24, 2.45) is 0 Å². The lowest BCUT2D eigenvalue weighted by Gasteiger charge is -2.17. The number of rotatable bonds is 3. The lowest BCUT2D eigenvalue weighted by atomic mass is 10.2. The van der Waals surface area contributed by atoms with Gasteiger partial charge in [-0.15, -0.1) is 0 Å². The van der Waals surface area contributed by atoms with E-state index in [1.54, 1.807) is 6.07 Å². The Bertz CT molecular complexity index is 437. The normalized spacial score (nSPS) is 23.6. The van der Waals surface area contributed by atoms with Crippen LogP contribution in [0.1, 0.15) is 19.3 Å². The molecule has 1 N–H and O–H groups in total. The molecule has 0 spiro atoms. The van der Waals surface area contributed by atoms with Gasteiger partial charge in [0.25, 0.3) is 5.69 Å². The first-order valence-electron chi connectivity index (χ1n) is 5.36. The Hall–Kier alpha value is -1.14. The maximum Gasteiger partial charge on any atom is 0.273 e. The number of aliphatic hydroxyl groups is 1. The van der Waals surface area contributed by atoms with Crippen LogP contribution in [0.4, 0.5) is 5.69 Å². The van der Waals surface area contributed by atoms with Gasteiger partial charge in [-0.1, -0.05) is 0 Å². The average molecular weight is 302 g/mol. The smallest absolute Gasteiger partial charge is 0.273 e. The summed E-state index contributed by atoms with van der Waals surface area (Å²) >= 11 is 3.28. The van der Waals surface area contributed by atoms with Crippen molar-refractivity contribution in [3.8, 4) is 5.75 Å². The van der Waals surface area contributed by atoms with Crippen LogP contribution in [0, 0.1) is 10.1 Å². The van der Waals surface area contributed by atoms with E-state index in [0.29, 0.717) is 10.2 Å². The summed E-state index contributed by atoms with van der Waals surface area (Å²) in [7, 11) is 0. The summed E-state index contributed by atoms with van der Waals surface area (Å²) in [6.45, 7) is 0. The summed E-state index contributed by atoms with van der Waals surface area (Å²) in [6, 6.07) is 4.35. The van der Waals surface area contributed by atoms with Gasteiger partial charge in [-0.3, -0.25) is 10.1 Å². The third-order valence-electron chi connectivity index (χ3n) is 2.82. The number of aliphatic hydroxyl groups excluding tert-OH is 1. The van der Waals surface area contributed by atoms with Crippen LogP contribution in [0.5, 0.6) is 5.75 Å². The largest absolute Gasteiger partial charge is 0.486 e. The molecule has 5 nitrogen and oxygen atoms in total. The van der Waals surface area contributed by atoms with Crippen molar-refractivity contribution in [2.45, 2.75) is 31.5 Å². The Morgan fingerprint density at radius 1 is 1.47 bits per heavy atom. The Morgan fingerprint density at radius 2 is 2.24 bits per heavy atom. The zero-order valence-electron chi connectivity index (χ0n) is 9.01. The van der Waals surface area contributed by atoms with Crippen molar-refractivity contribution >= 4 is 21.6 Å². The Labute approximate surface area is 107 Å². The van der Waals surface area contributed by atoms with E-state index in [4.69, 9.17) is 4.74 Å². The van der Waals surface area contributed by atoms with Gasteiger partial charge in [-0.25, -0.2) is 0 Å². The Morgan fingerprint density at radius 3 is 2.82 bits per heavy atom. The highest BCUT2D eigenvalue weighted by Crippen LogP contribution is 2.32. The third kappa shape index (κ3) is 2.76. The topological polar surface area (TPSA) is 72.6 Å². The standard InChI is InChI=1S/C11H12BrNO4/c12-8-5-4-7(13(15)16)6-11(8)17-10-3-1-2-9(10)14/h4-6,9-10,14H,1-3H2/t9-,10-/m0/s1. The number of benzene rings is 1. The zero-order chi connectivity index (χ0) is 12.4. The highest BCUT2D eigenvalue weighted by molar-refractivity contribution is 9.10. The van der Waals surface area contributed by atoms with Gasteiger partial charge in [0.05, 0.1) is 21.6 Å². The van der Waals surface area contributed by atoms with Crippen LogP contribution in [0.2, 0.25) is 0 Å². The van der Waals surface area contributed by atoms with Crippen LogP contribution in [-0.4, -0.2) is 22.2 Å². The molecule has 0 aromatic heterocycles. The minimum atomic E-state index is -0.485. The maximum atomic E-state index is 10.7. The fourth-order valence-electron chi connectivity index (χ4n) is 1.90. The number of non-ortho nitro benzene ring substituents is 1. The summed E-state index contributed by atoms with van der Waals surface area (Å²) in [6.07, 6.45) is 1.65. The van der Waals surface area contributed by atoms with E-state index in [0.717, 1.165) is 19.3 Å². The molecular weight excluding hydrogens is 290 g/mol. The summed E-state index contributed by atoms with van der Waals surface area (Å²) in [4.78, 5) is 10.2. The van der Waals surface area contributed by atoms with Gasteiger partial charge in [0.15, 0.2) is 0 Å². The molecule has 0 aliphatic heterocycles. The van der Waals surface area contributed by atoms with E-state index in [9.17, 15) is 15.2 Å². The lowest BCUT2D eigenvalue weighted by molar-refractivity contribution is -0.385. The van der Waals surface area contributed by atoms with Crippen LogP contribution >= 0.6 is 15.9 Å². The van der Waals surface area contributed by atoms with E-state index in [-0.39, 0.29) is 11.8 Å². The first kappa shape index (κ1) is 12.3. The van der Waals surface area contributed by atoms with Gasteiger partial charge in [0, 0.05) is 6.07 Å². The first-order valence-corrected chi connectivity index (χ1v) is 6.16. The minimum Gasteiger partial charge on any atom is -0.486 e. The summed E-state index contributed by atoms with van der Waals surface area (Å²) in [5.41, 5.74) is -0.0179. The van der Waals surface area contributed by atoms with Crippen molar-refractivity contribution in [3.05, 3.63) is 32.8 Å². The zero-order valence-corrected chi connectivity index (χ0v) is 10.6. The molecule has 1 aromatic carbocycles. The molecular formula is C11H12BrNO4. The van der Waals surface area contributed by atoms with Gasteiger partial charge in [-0.05, 0) is 41.3 Å². The van der Waals surface area contributed by atoms with E-state index in [1.165, 1.54) is 12.1 Å². The molecule has 1 aliphatic rings. The van der Waals surface area contributed by atoms with Crippen molar-refractivity contribution in [1.82, 2.24) is 0 Å². The number of hydrogen-bond donors (Lipinski definition) is 1. The molecule has 0 radical (unpaired) electrons. The minimum absolute atomic E-state index is 0.0179. The molecule has 1 fully saturated rings. The maximum absolute atomic E-state index is 10.7. The highest BCUT2D eigenvalue weighted by Gasteiger charge is 2.27. The highest BCUT2D eigenvalue weighted by atomic mass is 79.9. The van der Waals surface area contributed by atoms with Gasteiger partial charge in [0.2, 0.25) is 0 Å². The summed E-state index contributed by atoms with van der Waals surface area (Å²) in [5.74, 6) is 0.408. The molecule has 17 heavy (non-hydrogen) atoms. The van der Waals surface area contributed by atoms with Crippen molar-refractivity contribution in [1.29, 1.82) is 0 Å². The van der Waals surface area contributed by atoms with Crippen molar-refractivity contribution in [3.63, 3.8) is 0 Å². The fourth-order valence-corrected chi connectivity index (χ4v) is 2.24. The van der Waals surface area contributed by atoms with Crippen LogP contribution < -0.4 is 4.74 Å². The predicted octanol–water partition coefficient (Wildman–Crippen LogP) is 2.65. The number of nitro groups is 1. The summed E-state index contributed by atoms with van der Waals surface area (Å²) in [5, 5.41) is 20.3. The second kappa shape index (κ2) is 5.01. The molecule has 0 amide bonds. The molecule has 0 bridgehead atoms. The molecule has 92 valence electrons. The molecule has 6 heteroatoms. The number of ether oxygens (including phenoxy) is 1. The number of hydrogen-bond acceptors (Lipinski definition) is 4. The molecule has 0 saturated heterocycles. The van der Waals surface area contributed by atoms with Crippen molar-refractivity contribution < 1.29 is 14.8 Å². The average Bonchev–Trinajstić information content (AvgIpc) is 2.67. The van der Waals surface area contributed by atoms with Crippen LogP contribution in [-0.2, 0) is 0 Å². The molecule has 0 unspecified atom stereocenters. The number of nitro benzene ring substituents is 1. The third-order valence-corrected chi connectivity index (χ3v) is 3.48. The predicted molar refractivity (Wildman–Crippen MR) is 65.1 cm³/mol. The second-order valence-electron chi connectivity index (χ2n) is 4.03. The van der Waals surface area contributed by atoms with Crippen LogP contribution in [0.15, 0.2) is 22.7 Å². The van der Waals surface area contributed by atoms with Gasteiger partial charge in [0.1, 0.15) is 11.9 Å². The monoisotopic (exact) mass is 301 g/mol. The van der Waals surface area contributed by atoms with Gasteiger partial charge in [-0.2, -0.15) is 0 Å². The second-order valence-corrected chi connectivity index (χ2v) is 4.88. The summed E-state index contributed by atoms with van der Waals surface area (Å²) < 4.78 is 6.26. The van der Waals surface area contributed by atoms with Crippen LogP contribution in [0.3, 0.4) is 0 Å². The van der Waals surface area contributed by atoms with Gasteiger partial charge >= 0.3 is 0 Å². The fraction of sp³-hybridized carbons (Fsp3) is 0.455. The quantitative estimate of drug-likeness (QED) is 0.688. The molecule has 2 atom stereocenters. The lowest BCUT2D eigenvalue weighted by Crippen LogP contribution is -2.25. The Kier molecular flexibility index (Phi) is 3.63. The molecule has 1 aromatic rings. The van der Waals surface area contributed by atoms with E-state index >= 15 is 0 Å². The molecule has 0 heterocycles. The van der Waals surface area contributed by atoms with Crippen LogP contribution in [0.25, 0.3) is 0 Å². The molecule has 1 aliphatic carbocycles. The van der Waals surface area contributed by atoms with E-state index in [1.807, 2.05) is 0 Å². The molecule has 1 saturated carbocycles. The first-order chi connectivity index (χ1) is 8.08. The van der Waals surface area contributed by atoms with Gasteiger partial charge < -0.3 is 9.84 Å². The Balaban J connectivity index is 2.19. The molecule has 2 rings (SSSR count). The van der Waals surface area contributed by atoms with E-state index < -0.39 is 11.0 Å².